The molecule has 1 saturated carbocycles. The first-order chi connectivity index (χ1) is 9.60. The highest BCUT2D eigenvalue weighted by molar-refractivity contribution is 5.93. The molecule has 1 heterocycles. The molecule has 1 aliphatic carbocycles. The fourth-order valence-electron chi connectivity index (χ4n) is 2.54. The first kappa shape index (κ1) is 14.4. The topological polar surface area (TPSA) is 97.2 Å². The lowest BCUT2D eigenvalue weighted by Gasteiger charge is -2.27. The fourth-order valence-corrected chi connectivity index (χ4v) is 2.54. The molecule has 4 N–H and O–H groups in total. The maximum Gasteiger partial charge on any atom is 0.308 e. The van der Waals surface area contributed by atoms with Gasteiger partial charge in [0.2, 0.25) is 0 Å². The third-order valence-electron chi connectivity index (χ3n) is 3.63. The van der Waals surface area contributed by atoms with Crippen molar-refractivity contribution in [2.75, 3.05) is 12.3 Å². The van der Waals surface area contributed by atoms with Gasteiger partial charge in [-0.1, -0.05) is 0 Å². The summed E-state index contributed by atoms with van der Waals surface area (Å²) in [6.45, 7) is 2.23. The lowest BCUT2D eigenvalue weighted by Crippen LogP contribution is -2.39. The molecule has 110 valence electrons. The van der Waals surface area contributed by atoms with Crippen molar-refractivity contribution in [2.24, 2.45) is 5.92 Å². The molecule has 0 spiro atoms. The van der Waals surface area contributed by atoms with Crippen LogP contribution in [0.3, 0.4) is 0 Å². The summed E-state index contributed by atoms with van der Waals surface area (Å²) in [7, 11) is 0. The van der Waals surface area contributed by atoms with Gasteiger partial charge in [0.15, 0.2) is 0 Å². The SMILES string of the molecule is CCOC(=O)C1CCC(NC(=O)c2cc(N)c[nH]2)CC1. The minimum atomic E-state index is -0.152. The molecule has 6 heteroatoms. The maximum absolute atomic E-state index is 12.0. The molecule has 1 fully saturated rings. The first-order valence-corrected chi connectivity index (χ1v) is 7.01. The predicted octanol–water partition coefficient (Wildman–Crippen LogP) is 1.45. The third-order valence-corrected chi connectivity index (χ3v) is 3.63. The number of nitrogens with one attached hydrogen (secondary N) is 2. The number of ether oxygens (including phenoxy) is 1. The van der Waals surface area contributed by atoms with Crippen molar-refractivity contribution < 1.29 is 14.3 Å². The number of carbonyl (C=O) groups excluding carboxylic acids is 2. The van der Waals surface area contributed by atoms with E-state index in [4.69, 9.17) is 10.5 Å². The van der Waals surface area contributed by atoms with Crippen LogP contribution in [0, 0.1) is 5.92 Å². The van der Waals surface area contributed by atoms with E-state index in [1.54, 1.807) is 12.3 Å². The molecule has 1 aliphatic rings. The highest BCUT2D eigenvalue weighted by atomic mass is 16.5. The number of anilines is 1. The Kier molecular flexibility index (Phi) is 4.65. The number of H-pyrrole nitrogens is 1. The number of rotatable bonds is 4. The second-order valence-corrected chi connectivity index (χ2v) is 5.12. The van der Waals surface area contributed by atoms with Crippen LogP contribution in [-0.2, 0) is 9.53 Å². The molecule has 0 unspecified atom stereocenters. The van der Waals surface area contributed by atoms with E-state index in [9.17, 15) is 9.59 Å². The molecule has 0 saturated heterocycles. The van der Waals surface area contributed by atoms with Crippen molar-refractivity contribution in [1.82, 2.24) is 10.3 Å². The second kappa shape index (κ2) is 6.45. The lowest BCUT2D eigenvalue weighted by atomic mass is 9.86. The molecular weight excluding hydrogens is 258 g/mol. The summed E-state index contributed by atoms with van der Waals surface area (Å²) in [6, 6.07) is 1.72. The summed E-state index contributed by atoms with van der Waals surface area (Å²) in [6.07, 6.45) is 4.71. The number of esters is 1. The Bertz CT molecular complexity index is 476. The van der Waals surface area contributed by atoms with Gasteiger partial charge in [0.1, 0.15) is 5.69 Å². The largest absolute Gasteiger partial charge is 0.466 e. The van der Waals surface area contributed by atoms with Crippen molar-refractivity contribution >= 4 is 17.6 Å². The van der Waals surface area contributed by atoms with E-state index in [1.807, 2.05) is 6.92 Å². The zero-order valence-electron chi connectivity index (χ0n) is 11.6. The van der Waals surface area contributed by atoms with Gasteiger partial charge in [0.05, 0.1) is 12.5 Å². The molecule has 0 aliphatic heterocycles. The molecule has 2 rings (SSSR count). The Morgan fingerprint density at radius 1 is 1.40 bits per heavy atom. The molecule has 0 atom stereocenters. The Balaban J connectivity index is 1.80. The number of carbonyl (C=O) groups is 2. The Morgan fingerprint density at radius 2 is 2.10 bits per heavy atom. The van der Waals surface area contributed by atoms with Crippen molar-refractivity contribution in [3.05, 3.63) is 18.0 Å². The monoisotopic (exact) mass is 279 g/mol. The third kappa shape index (κ3) is 3.53. The summed E-state index contributed by atoms with van der Waals surface area (Å²) in [5.74, 6) is -0.292. The minimum Gasteiger partial charge on any atom is -0.466 e. The molecular formula is C14H21N3O3. The van der Waals surface area contributed by atoms with Gasteiger partial charge >= 0.3 is 5.97 Å². The minimum absolute atomic E-state index is 0.0239. The van der Waals surface area contributed by atoms with E-state index < -0.39 is 0 Å². The van der Waals surface area contributed by atoms with E-state index in [0.717, 1.165) is 25.7 Å². The van der Waals surface area contributed by atoms with Crippen LogP contribution >= 0.6 is 0 Å². The molecule has 6 nitrogen and oxygen atoms in total. The first-order valence-electron chi connectivity index (χ1n) is 7.01. The average molecular weight is 279 g/mol. The van der Waals surface area contributed by atoms with E-state index in [2.05, 4.69) is 10.3 Å². The van der Waals surface area contributed by atoms with Crippen LogP contribution in [0.1, 0.15) is 43.1 Å². The maximum atomic E-state index is 12.0. The zero-order chi connectivity index (χ0) is 14.5. The van der Waals surface area contributed by atoms with E-state index >= 15 is 0 Å². The van der Waals surface area contributed by atoms with Gasteiger partial charge in [-0.15, -0.1) is 0 Å². The van der Waals surface area contributed by atoms with Crippen LogP contribution in [0.5, 0.6) is 0 Å². The van der Waals surface area contributed by atoms with Gasteiger partial charge in [-0.25, -0.2) is 0 Å². The van der Waals surface area contributed by atoms with Crippen molar-refractivity contribution in [1.29, 1.82) is 0 Å². The molecule has 0 aromatic carbocycles. The second-order valence-electron chi connectivity index (χ2n) is 5.12. The smallest absolute Gasteiger partial charge is 0.308 e. The van der Waals surface area contributed by atoms with Crippen molar-refractivity contribution in [3.8, 4) is 0 Å². The summed E-state index contributed by atoms with van der Waals surface area (Å²) in [4.78, 5) is 26.4. The molecule has 0 bridgehead atoms. The molecule has 1 amide bonds. The van der Waals surface area contributed by atoms with Gasteiger partial charge in [-0.2, -0.15) is 0 Å². The number of aromatic nitrogens is 1. The highest BCUT2D eigenvalue weighted by Gasteiger charge is 2.28. The number of aromatic amines is 1. The van der Waals surface area contributed by atoms with Gasteiger partial charge in [0.25, 0.3) is 5.91 Å². The van der Waals surface area contributed by atoms with Crippen LogP contribution in [0.15, 0.2) is 12.3 Å². The number of hydrogen-bond donors (Lipinski definition) is 3. The van der Waals surface area contributed by atoms with Crippen molar-refractivity contribution in [2.45, 2.75) is 38.6 Å². The van der Waals surface area contributed by atoms with Gasteiger partial charge < -0.3 is 20.8 Å². The normalized spacial score (nSPS) is 22.2. The van der Waals surface area contributed by atoms with E-state index in [1.165, 1.54) is 0 Å². The van der Waals surface area contributed by atoms with Gasteiger partial charge in [-0.3, -0.25) is 9.59 Å². The lowest BCUT2D eigenvalue weighted by molar-refractivity contribution is -0.149. The Hall–Kier alpha value is -1.98. The van der Waals surface area contributed by atoms with E-state index in [-0.39, 0.29) is 23.8 Å². The number of hydrogen-bond acceptors (Lipinski definition) is 4. The van der Waals surface area contributed by atoms with Gasteiger partial charge in [-0.05, 0) is 38.7 Å². The van der Waals surface area contributed by atoms with Crippen LogP contribution in [0.25, 0.3) is 0 Å². The van der Waals surface area contributed by atoms with Gasteiger partial charge in [0, 0.05) is 17.9 Å². The van der Waals surface area contributed by atoms with Crippen LogP contribution in [0.2, 0.25) is 0 Å². The Morgan fingerprint density at radius 3 is 2.65 bits per heavy atom. The Labute approximate surface area is 118 Å². The molecule has 1 aromatic heterocycles. The average Bonchev–Trinajstić information content (AvgIpc) is 2.86. The number of nitrogen functional groups attached to an aromatic ring is 1. The molecule has 0 radical (unpaired) electrons. The quantitative estimate of drug-likeness (QED) is 0.727. The number of amides is 1. The molecule has 1 aromatic rings. The predicted molar refractivity (Wildman–Crippen MR) is 75.1 cm³/mol. The zero-order valence-corrected chi connectivity index (χ0v) is 11.6. The van der Waals surface area contributed by atoms with E-state index in [0.29, 0.717) is 18.0 Å². The standard InChI is InChI=1S/C14H21N3O3/c1-2-20-14(19)9-3-5-11(6-4-9)17-13(18)12-7-10(15)8-16-12/h7-9,11,16H,2-6,15H2,1H3,(H,17,18). The summed E-state index contributed by atoms with van der Waals surface area (Å²) < 4.78 is 5.02. The van der Waals surface area contributed by atoms with Crippen LogP contribution < -0.4 is 11.1 Å². The van der Waals surface area contributed by atoms with Crippen LogP contribution in [-0.4, -0.2) is 29.5 Å². The molecule has 20 heavy (non-hydrogen) atoms. The summed E-state index contributed by atoms with van der Waals surface area (Å²) >= 11 is 0. The highest BCUT2D eigenvalue weighted by Crippen LogP contribution is 2.25. The summed E-state index contributed by atoms with van der Waals surface area (Å²) in [5.41, 5.74) is 6.58. The number of nitrogens with two attached hydrogens (primary N) is 1. The van der Waals surface area contributed by atoms with Crippen LogP contribution in [0.4, 0.5) is 5.69 Å². The van der Waals surface area contributed by atoms with Crippen molar-refractivity contribution in [3.63, 3.8) is 0 Å². The summed E-state index contributed by atoms with van der Waals surface area (Å²) in [5, 5.41) is 2.96. The fraction of sp³-hybridized carbons (Fsp3) is 0.571.